The molecule has 1 aromatic rings. The van der Waals surface area contributed by atoms with Crippen LogP contribution in [0.3, 0.4) is 0 Å². The Kier molecular flexibility index (Phi) is 6.49. The maximum atomic E-state index is 6.29. The molecular weight excluding hydrogens is 316 g/mol. The SMILES string of the molecule is COCC1CCCN(CCC(N)c2ccc(Br)cc2)C1. The molecule has 0 amide bonds. The number of likely N-dealkylation sites (tertiary alicyclic amines) is 1. The van der Waals surface area contributed by atoms with E-state index in [1.54, 1.807) is 7.11 Å². The van der Waals surface area contributed by atoms with Crippen molar-refractivity contribution in [1.29, 1.82) is 0 Å². The Labute approximate surface area is 130 Å². The fourth-order valence-corrected chi connectivity index (χ4v) is 3.19. The zero-order valence-electron chi connectivity index (χ0n) is 12.2. The fourth-order valence-electron chi connectivity index (χ4n) is 2.92. The van der Waals surface area contributed by atoms with Crippen molar-refractivity contribution in [2.75, 3.05) is 33.4 Å². The molecule has 1 aliphatic rings. The van der Waals surface area contributed by atoms with E-state index in [-0.39, 0.29) is 6.04 Å². The molecule has 2 rings (SSSR count). The van der Waals surface area contributed by atoms with Gasteiger partial charge in [-0.1, -0.05) is 28.1 Å². The van der Waals surface area contributed by atoms with Crippen molar-refractivity contribution in [2.24, 2.45) is 11.7 Å². The monoisotopic (exact) mass is 340 g/mol. The quantitative estimate of drug-likeness (QED) is 0.864. The molecule has 1 saturated heterocycles. The first-order valence-corrected chi connectivity index (χ1v) is 8.20. The number of halogens is 1. The summed E-state index contributed by atoms with van der Waals surface area (Å²) < 4.78 is 6.38. The molecule has 2 unspecified atom stereocenters. The van der Waals surface area contributed by atoms with E-state index in [9.17, 15) is 0 Å². The average Bonchev–Trinajstić information content (AvgIpc) is 2.46. The lowest BCUT2D eigenvalue weighted by Gasteiger charge is -2.33. The molecule has 1 fully saturated rings. The molecule has 1 heterocycles. The maximum Gasteiger partial charge on any atom is 0.0502 e. The zero-order chi connectivity index (χ0) is 14.4. The third-order valence-electron chi connectivity index (χ3n) is 4.06. The van der Waals surface area contributed by atoms with Gasteiger partial charge in [0.05, 0.1) is 6.61 Å². The highest BCUT2D eigenvalue weighted by Crippen LogP contribution is 2.20. The molecule has 0 bridgehead atoms. The number of methoxy groups -OCH3 is 1. The summed E-state index contributed by atoms with van der Waals surface area (Å²) in [5.41, 5.74) is 7.51. The summed E-state index contributed by atoms with van der Waals surface area (Å²) in [7, 11) is 1.79. The summed E-state index contributed by atoms with van der Waals surface area (Å²) in [5.74, 6) is 0.692. The Morgan fingerprint density at radius 3 is 2.85 bits per heavy atom. The molecule has 1 aliphatic heterocycles. The average molecular weight is 341 g/mol. The highest BCUT2D eigenvalue weighted by Gasteiger charge is 2.20. The first kappa shape index (κ1) is 16.0. The van der Waals surface area contributed by atoms with Gasteiger partial charge in [-0.25, -0.2) is 0 Å². The Morgan fingerprint density at radius 2 is 2.15 bits per heavy atom. The van der Waals surface area contributed by atoms with Crippen LogP contribution in [-0.4, -0.2) is 38.3 Å². The van der Waals surface area contributed by atoms with Crippen LogP contribution < -0.4 is 5.73 Å². The van der Waals surface area contributed by atoms with Gasteiger partial charge in [0.15, 0.2) is 0 Å². The van der Waals surface area contributed by atoms with Crippen molar-refractivity contribution in [3.05, 3.63) is 34.3 Å². The standard InChI is InChI=1S/C16H25BrN2O/c1-20-12-13-3-2-9-19(11-13)10-8-16(18)14-4-6-15(17)7-5-14/h4-7,13,16H,2-3,8-12,18H2,1H3. The van der Waals surface area contributed by atoms with Crippen LogP contribution in [-0.2, 0) is 4.74 Å². The van der Waals surface area contributed by atoms with E-state index >= 15 is 0 Å². The zero-order valence-corrected chi connectivity index (χ0v) is 13.8. The molecule has 0 aliphatic carbocycles. The number of benzene rings is 1. The van der Waals surface area contributed by atoms with Gasteiger partial charge in [-0.15, -0.1) is 0 Å². The summed E-state index contributed by atoms with van der Waals surface area (Å²) in [6, 6.07) is 8.47. The summed E-state index contributed by atoms with van der Waals surface area (Å²) in [4.78, 5) is 2.53. The number of hydrogen-bond acceptors (Lipinski definition) is 3. The van der Waals surface area contributed by atoms with E-state index < -0.39 is 0 Å². The summed E-state index contributed by atoms with van der Waals surface area (Å²) in [6.07, 6.45) is 3.59. The van der Waals surface area contributed by atoms with Gasteiger partial charge in [-0.3, -0.25) is 0 Å². The van der Waals surface area contributed by atoms with Gasteiger partial charge in [0, 0.05) is 24.2 Å². The largest absolute Gasteiger partial charge is 0.384 e. The first-order valence-electron chi connectivity index (χ1n) is 7.41. The predicted octanol–water partition coefficient (Wildman–Crippen LogP) is 3.20. The van der Waals surface area contributed by atoms with Gasteiger partial charge < -0.3 is 15.4 Å². The predicted molar refractivity (Wildman–Crippen MR) is 86.7 cm³/mol. The molecule has 20 heavy (non-hydrogen) atoms. The van der Waals surface area contributed by atoms with Crippen LogP contribution in [0.25, 0.3) is 0 Å². The van der Waals surface area contributed by atoms with Crippen LogP contribution in [0.5, 0.6) is 0 Å². The highest BCUT2D eigenvalue weighted by atomic mass is 79.9. The molecular formula is C16H25BrN2O. The van der Waals surface area contributed by atoms with Crippen LogP contribution in [0.15, 0.2) is 28.7 Å². The second-order valence-electron chi connectivity index (χ2n) is 5.71. The second-order valence-corrected chi connectivity index (χ2v) is 6.63. The van der Waals surface area contributed by atoms with Crippen LogP contribution in [0.4, 0.5) is 0 Å². The van der Waals surface area contributed by atoms with Crippen molar-refractivity contribution in [3.63, 3.8) is 0 Å². The topological polar surface area (TPSA) is 38.5 Å². The fraction of sp³-hybridized carbons (Fsp3) is 0.625. The molecule has 0 radical (unpaired) electrons. The number of piperidine rings is 1. The molecule has 1 aromatic carbocycles. The summed E-state index contributed by atoms with van der Waals surface area (Å²) in [6.45, 7) is 4.32. The smallest absolute Gasteiger partial charge is 0.0502 e. The summed E-state index contributed by atoms with van der Waals surface area (Å²) >= 11 is 3.46. The first-order chi connectivity index (χ1) is 9.69. The van der Waals surface area contributed by atoms with Gasteiger partial charge in [0.1, 0.15) is 0 Å². The third kappa shape index (κ3) is 4.85. The molecule has 0 aromatic heterocycles. The van der Waals surface area contributed by atoms with Crippen LogP contribution >= 0.6 is 15.9 Å². The Hall–Kier alpha value is -0.420. The normalized spacial score (nSPS) is 21.9. The molecule has 112 valence electrons. The van der Waals surface area contributed by atoms with Crippen LogP contribution in [0.2, 0.25) is 0 Å². The van der Waals surface area contributed by atoms with Crippen molar-refractivity contribution in [1.82, 2.24) is 4.90 Å². The van der Waals surface area contributed by atoms with Crippen molar-refractivity contribution in [2.45, 2.75) is 25.3 Å². The van der Waals surface area contributed by atoms with Crippen molar-refractivity contribution < 1.29 is 4.74 Å². The van der Waals surface area contributed by atoms with E-state index in [2.05, 4.69) is 45.1 Å². The molecule has 2 atom stereocenters. The van der Waals surface area contributed by atoms with Crippen LogP contribution in [0.1, 0.15) is 30.9 Å². The highest BCUT2D eigenvalue weighted by molar-refractivity contribution is 9.10. The molecule has 2 N–H and O–H groups in total. The van der Waals surface area contributed by atoms with Gasteiger partial charge in [0.2, 0.25) is 0 Å². The number of hydrogen-bond donors (Lipinski definition) is 1. The number of nitrogens with two attached hydrogens (primary N) is 1. The Balaban J connectivity index is 1.78. The van der Waals surface area contributed by atoms with Gasteiger partial charge in [-0.05, 0) is 56.0 Å². The lowest BCUT2D eigenvalue weighted by molar-refractivity contribution is 0.0892. The van der Waals surface area contributed by atoms with Gasteiger partial charge in [-0.2, -0.15) is 0 Å². The van der Waals surface area contributed by atoms with E-state index in [1.807, 2.05) is 0 Å². The number of ether oxygens (including phenoxy) is 1. The molecule has 0 saturated carbocycles. The molecule has 4 heteroatoms. The Morgan fingerprint density at radius 1 is 1.40 bits per heavy atom. The molecule has 3 nitrogen and oxygen atoms in total. The third-order valence-corrected chi connectivity index (χ3v) is 4.59. The summed E-state index contributed by atoms with van der Waals surface area (Å²) in [5, 5.41) is 0. The second kappa shape index (κ2) is 8.13. The van der Waals surface area contributed by atoms with Crippen molar-refractivity contribution >= 4 is 15.9 Å². The minimum absolute atomic E-state index is 0.130. The molecule has 0 spiro atoms. The minimum Gasteiger partial charge on any atom is -0.384 e. The van der Waals surface area contributed by atoms with E-state index in [0.29, 0.717) is 5.92 Å². The van der Waals surface area contributed by atoms with E-state index in [4.69, 9.17) is 10.5 Å². The van der Waals surface area contributed by atoms with Gasteiger partial charge >= 0.3 is 0 Å². The van der Waals surface area contributed by atoms with Crippen LogP contribution in [0, 0.1) is 5.92 Å². The van der Waals surface area contributed by atoms with E-state index in [0.717, 1.165) is 30.6 Å². The maximum absolute atomic E-state index is 6.29. The van der Waals surface area contributed by atoms with E-state index in [1.165, 1.54) is 24.9 Å². The lowest BCUT2D eigenvalue weighted by Crippen LogP contribution is -2.38. The van der Waals surface area contributed by atoms with Crippen molar-refractivity contribution in [3.8, 4) is 0 Å². The number of rotatable bonds is 6. The van der Waals surface area contributed by atoms with Gasteiger partial charge in [0.25, 0.3) is 0 Å². The minimum atomic E-state index is 0.130. The number of nitrogens with zero attached hydrogens (tertiary/aromatic N) is 1. The Bertz CT molecular complexity index is 394. The lowest BCUT2D eigenvalue weighted by atomic mass is 9.98.